The summed E-state index contributed by atoms with van der Waals surface area (Å²) in [5.41, 5.74) is 3.01. The molecule has 0 aliphatic rings. The van der Waals surface area contributed by atoms with Crippen molar-refractivity contribution in [3.05, 3.63) is 81.8 Å². The molecule has 0 saturated carbocycles. The molecule has 1 unspecified atom stereocenters. The number of aliphatic hydroxyl groups excluding tert-OH is 1. The lowest BCUT2D eigenvalue weighted by molar-refractivity contribution is 0.222. The van der Waals surface area contributed by atoms with Crippen molar-refractivity contribution in [3.8, 4) is 0 Å². The second-order valence-corrected chi connectivity index (χ2v) is 5.83. The number of halogens is 1. The first-order chi connectivity index (χ1) is 9.66. The third-order valence-corrected chi connectivity index (χ3v) is 4.48. The van der Waals surface area contributed by atoms with Gasteiger partial charge in [-0.3, -0.25) is 0 Å². The van der Waals surface area contributed by atoms with Gasteiger partial charge in [0.1, 0.15) is 6.10 Å². The smallest absolute Gasteiger partial charge is 0.105 e. The molecule has 3 aromatic carbocycles. The molecular weight excluding hydrogens is 312 g/mol. The highest BCUT2D eigenvalue weighted by Crippen LogP contribution is 2.30. The van der Waals surface area contributed by atoms with Gasteiger partial charge in [-0.05, 0) is 40.5 Å². The Labute approximate surface area is 127 Å². The molecular formula is C18H15BrO. The minimum Gasteiger partial charge on any atom is -0.384 e. The maximum absolute atomic E-state index is 10.7. The van der Waals surface area contributed by atoms with Crippen LogP contribution in [0.3, 0.4) is 0 Å². The second kappa shape index (κ2) is 5.39. The van der Waals surface area contributed by atoms with Gasteiger partial charge in [-0.25, -0.2) is 0 Å². The van der Waals surface area contributed by atoms with Crippen LogP contribution in [-0.2, 0) is 0 Å². The monoisotopic (exact) mass is 326 g/mol. The molecule has 0 saturated heterocycles. The van der Waals surface area contributed by atoms with Crippen molar-refractivity contribution in [2.75, 3.05) is 0 Å². The highest BCUT2D eigenvalue weighted by molar-refractivity contribution is 9.10. The van der Waals surface area contributed by atoms with Crippen LogP contribution in [0.1, 0.15) is 22.8 Å². The second-order valence-electron chi connectivity index (χ2n) is 4.98. The highest BCUT2D eigenvalue weighted by atomic mass is 79.9. The fraction of sp³-hybridized carbons (Fsp3) is 0.111. The van der Waals surface area contributed by atoms with Crippen LogP contribution < -0.4 is 0 Å². The first kappa shape index (κ1) is 13.3. The number of benzene rings is 3. The molecule has 1 nitrogen and oxygen atoms in total. The van der Waals surface area contributed by atoms with Gasteiger partial charge >= 0.3 is 0 Å². The number of hydrogen-bond donors (Lipinski definition) is 1. The average Bonchev–Trinajstić information content (AvgIpc) is 2.49. The van der Waals surface area contributed by atoms with E-state index in [2.05, 4.69) is 34.1 Å². The van der Waals surface area contributed by atoms with Gasteiger partial charge in [-0.15, -0.1) is 0 Å². The van der Waals surface area contributed by atoms with Gasteiger partial charge in [0.25, 0.3) is 0 Å². The average molecular weight is 327 g/mol. The summed E-state index contributed by atoms with van der Waals surface area (Å²) in [7, 11) is 0. The van der Waals surface area contributed by atoms with E-state index >= 15 is 0 Å². The van der Waals surface area contributed by atoms with Crippen LogP contribution in [-0.4, -0.2) is 5.11 Å². The van der Waals surface area contributed by atoms with Crippen molar-refractivity contribution in [1.82, 2.24) is 0 Å². The maximum atomic E-state index is 10.7. The fourth-order valence-corrected chi connectivity index (χ4v) is 2.84. The number of fused-ring (bicyclic) bond motifs is 1. The molecule has 2 heteroatoms. The van der Waals surface area contributed by atoms with E-state index in [9.17, 15) is 5.11 Å². The summed E-state index contributed by atoms with van der Waals surface area (Å²) in [5, 5.41) is 12.9. The quantitative estimate of drug-likeness (QED) is 0.703. The van der Waals surface area contributed by atoms with Crippen LogP contribution in [0.15, 0.2) is 65.1 Å². The van der Waals surface area contributed by atoms with Gasteiger partial charge in [0.05, 0.1) is 0 Å². The van der Waals surface area contributed by atoms with Gasteiger partial charge in [-0.1, -0.05) is 70.5 Å². The Morgan fingerprint density at radius 2 is 1.70 bits per heavy atom. The lowest BCUT2D eigenvalue weighted by Crippen LogP contribution is -2.00. The SMILES string of the molecule is Cc1ccc(C(O)c2cccc3ccccc23)cc1Br. The molecule has 0 bridgehead atoms. The zero-order valence-electron chi connectivity index (χ0n) is 11.2. The van der Waals surface area contributed by atoms with E-state index in [1.807, 2.05) is 49.4 Å². The molecule has 0 aliphatic heterocycles. The first-order valence-electron chi connectivity index (χ1n) is 6.58. The summed E-state index contributed by atoms with van der Waals surface area (Å²) in [6, 6.07) is 20.2. The van der Waals surface area contributed by atoms with Crippen molar-refractivity contribution < 1.29 is 5.11 Å². The maximum Gasteiger partial charge on any atom is 0.105 e. The third-order valence-electron chi connectivity index (χ3n) is 3.63. The van der Waals surface area contributed by atoms with Crippen molar-refractivity contribution in [3.63, 3.8) is 0 Å². The topological polar surface area (TPSA) is 20.2 Å². The van der Waals surface area contributed by atoms with Gasteiger partial charge in [0, 0.05) is 4.47 Å². The van der Waals surface area contributed by atoms with Crippen molar-refractivity contribution in [2.24, 2.45) is 0 Å². The first-order valence-corrected chi connectivity index (χ1v) is 7.38. The Morgan fingerprint density at radius 1 is 0.950 bits per heavy atom. The Bertz CT molecular complexity index is 759. The van der Waals surface area contributed by atoms with Gasteiger partial charge < -0.3 is 5.11 Å². The van der Waals surface area contributed by atoms with Gasteiger partial charge in [-0.2, -0.15) is 0 Å². The van der Waals surface area contributed by atoms with Crippen molar-refractivity contribution >= 4 is 26.7 Å². The van der Waals surface area contributed by atoms with Crippen LogP contribution in [0.2, 0.25) is 0 Å². The normalized spacial score (nSPS) is 12.6. The molecule has 3 rings (SSSR count). The zero-order valence-corrected chi connectivity index (χ0v) is 12.8. The standard InChI is InChI=1S/C18H15BrO/c1-12-9-10-14(11-17(12)19)18(20)16-8-4-6-13-5-2-3-7-15(13)16/h2-11,18,20H,1H3. The van der Waals surface area contributed by atoms with Crippen LogP contribution >= 0.6 is 15.9 Å². The molecule has 0 heterocycles. The lowest BCUT2D eigenvalue weighted by Gasteiger charge is -2.15. The fourth-order valence-electron chi connectivity index (χ4n) is 2.45. The zero-order chi connectivity index (χ0) is 14.1. The van der Waals surface area contributed by atoms with Gasteiger partial charge in [0.2, 0.25) is 0 Å². The molecule has 100 valence electrons. The van der Waals surface area contributed by atoms with E-state index in [1.54, 1.807) is 0 Å². The van der Waals surface area contributed by atoms with E-state index in [4.69, 9.17) is 0 Å². The minimum absolute atomic E-state index is 0.613. The van der Waals surface area contributed by atoms with E-state index in [-0.39, 0.29) is 0 Å². The predicted octanol–water partition coefficient (Wildman–Crippen LogP) is 4.99. The number of aliphatic hydroxyl groups is 1. The summed E-state index contributed by atoms with van der Waals surface area (Å²) in [5.74, 6) is 0. The van der Waals surface area contributed by atoms with Crippen LogP contribution in [0.5, 0.6) is 0 Å². The van der Waals surface area contributed by atoms with E-state index in [1.165, 1.54) is 5.56 Å². The van der Waals surface area contributed by atoms with E-state index in [0.29, 0.717) is 0 Å². The lowest BCUT2D eigenvalue weighted by atomic mass is 9.95. The number of hydrogen-bond acceptors (Lipinski definition) is 1. The molecule has 0 amide bonds. The molecule has 20 heavy (non-hydrogen) atoms. The Hall–Kier alpha value is -1.64. The molecule has 3 aromatic rings. The summed E-state index contributed by atoms with van der Waals surface area (Å²) in [6.07, 6.45) is -0.613. The van der Waals surface area contributed by atoms with Crippen molar-refractivity contribution in [2.45, 2.75) is 13.0 Å². The predicted molar refractivity (Wildman–Crippen MR) is 86.9 cm³/mol. The Morgan fingerprint density at radius 3 is 2.50 bits per heavy atom. The molecule has 1 atom stereocenters. The molecule has 0 aromatic heterocycles. The summed E-state index contributed by atoms with van der Waals surface area (Å²) in [6.45, 7) is 2.04. The summed E-state index contributed by atoms with van der Waals surface area (Å²) >= 11 is 3.53. The van der Waals surface area contributed by atoms with Crippen molar-refractivity contribution in [1.29, 1.82) is 0 Å². The molecule has 0 spiro atoms. The van der Waals surface area contributed by atoms with Crippen LogP contribution in [0, 0.1) is 6.92 Å². The largest absolute Gasteiger partial charge is 0.384 e. The van der Waals surface area contributed by atoms with Gasteiger partial charge in [0.15, 0.2) is 0 Å². The molecule has 0 fully saturated rings. The highest BCUT2D eigenvalue weighted by Gasteiger charge is 2.14. The molecule has 0 aliphatic carbocycles. The summed E-state index contributed by atoms with van der Waals surface area (Å²) < 4.78 is 1.02. The Kier molecular flexibility index (Phi) is 3.60. The Balaban J connectivity index is 2.12. The summed E-state index contributed by atoms with van der Waals surface area (Å²) in [4.78, 5) is 0. The minimum atomic E-state index is -0.613. The number of rotatable bonds is 2. The number of aryl methyl sites for hydroxylation is 1. The van der Waals surface area contributed by atoms with E-state index < -0.39 is 6.10 Å². The third kappa shape index (κ3) is 2.37. The molecule has 0 radical (unpaired) electrons. The molecule has 1 N–H and O–H groups in total. The van der Waals surface area contributed by atoms with Crippen LogP contribution in [0.4, 0.5) is 0 Å². The van der Waals surface area contributed by atoms with Crippen LogP contribution in [0.25, 0.3) is 10.8 Å². The van der Waals surface area contributed by atoms with E-state index in [0.717, 1.165) is 26.4 Å².